The Kier molecular flexibility index (Phi) is 3.92. The fraction of sp³-hybridized carbons (Fsp3) is 0.250. The summed E-state index contributed by atoms with van der Waals surface area (Å²) in [7, 11) is 0. The fourth-order valence-electron chi connectivity index (χ4n) is 2.58. The van der Waals surface area contributed by atoms with Gasteiger partial charge in [0.15, 0.2) is 5.82 Å². The largest absolute Gasteiger partial charge is 0.477 e. The van der Waals surface area contributed by atoms with Gasteiger partial charge in [-0.15, -0.1) is 0 Å². The lowest BCUT2D eigenvalue weighted by Crippen LogP contribution is -2.37. The van der Waals surface area contributed by atoms with E-state index in [-0.39, 0.29) is 11.6 Å². The highest BCUT2D eigenvalue weighted by Crippen LogP contribution is 2.22. The van der Waals surface area contributed by atoms with E-state index in [0.29, 0.717) is 24.4 Å². The second kappa shape index (κ2) is 6.04. The molecule has 0 fully saturated rings. The summed E-state index contributed by atoms with van der Waals surface area (Å²) in [5.74, 6) is -0.848. The van der Waals surface area contributed by atoms with E-state index in [1.807, 2.05) is 37.3 Å². The molecule has 23 heavy (non-hydrogen) atoms. The summed E-state index contributed by atoms with van der Waals surface area (Å²) in [5.41, 5.74) is 3.55. The second-order valence-electron chi connectivity index (χ2n) is 5.40. The van der Waals surface area contributed by atoms with Crippen LogP contribution in [0.15, 0.2) is 46.4 Å². The molecule has 0 amide bonds. The molecule has 0 saturated carbocycles. The minimum atomic E-state index is -1.27. The van der Waals surface area contributed by atoms with E-state index in [4.69, 9.17) is 5.11 Å². The van der Waals surface area contributed by atoms with Crippen LogP contribution in [0.4, 0.5) is 5.69 Å². The number of nitrogens with one attached hydrogen (secondary N) is 1. The summed E-state index contributed by atoms with van der Waals surface area (Å²) >= 11 is 0. The summed E-state index contributed by atoms with van der Waals surface area (Å²) in [6.07, 6.45) is 2.47. The number of para-hydroxylation sites is 1. The number of aromatic nitrogens is 2. The maximum Gasteiger partial charge on any atom is 0.342 e. The highest BCUT2D eigenvalue weighted by Gasteiger charge is 2.26. The van der Waals surface area contributed by atoms with E-state index < -0.39 is 11.5 Å². The van der Waals surface area contributed by atoms with Gasteiger partial charge in [-0.1, -0.05) is 18.2 Å². The van der Waals surface area contributed by atoms with Gasteiger partial charge in [0, 0.05) is 12.2 Å². The van der Waals surface area contributed by atoms with Crippen LogP contribution in [0.3, 0.4) is 0 Å². The molecule has 2 heterocycles. The van der Waals surface area contributed by atoms with Gasteiger partial charge in [-0.05, 0) is 31.9 Å². The standard InChI is InChI=1S/C16H16N4O3/c1-10-7-8-13(19-18-11-5-3-2-4-6-11)14-17-9-12(16(22)23)15(21)20(10)14/h2-6,9-10,18H,7-8H2,1H3,(H,22,23)/b19-13-. The predicted molar refractivity (Wildman–Crippen MR) is 86.0 cm³/mol. The SMILES string of the molecule is CC1CC/C(=N/Nc2ccccc2)c2ncc(C(=O)O)c(=O)n21. The summed E-state index contributed by atoms with van der Waals surface area (Å²) in [4.78, 5) is 27.6. The Labute approximate surface area is 132 Å². The molecule has 1 aliphatic heterocycles. The first kappa shape index (κ1) is 15.0. The van der Waals surface area contributed by atoms with Gasteiger partial charge >= 0.3 is 5.97 Å². The van der Waals surface area contributed by atoms with Crippen molar-refractivity contribution in [1.29, 1.82) is 0 Å². The Morgan fingerprint density at radius 3 is 2.83 bits per heavy atom. The first-order valence-electron chi connectivity index (χ1n) is 7.30. The molecule has 7 nitrogen and oxygen atoms in total. The zero-order chi connectivity index (χ0) is 16.4. The summed E-state index contributed by atoms with van der Waals surface area (Å²) < 4.78 is 1.42. The molecule has 118 valence electrons. The highest BCUT2D eigenvalue weighted by atomic mass is 16.4. The quantitative estimate of drug-likeness (QED) is 0.846. The Hall–Kier alpha value is -2.96. The van der Waals surface area contributed by atoms with Gasteiger partial charge < -0.3 is 5.11 Å². The molecule has 0 spiro atoms. The molecule has 2 aromatic rings. The van der Waals surface area contributed by atoms with E-state index in [1.54, 1.807) is 0 Å². The number of hydrogen-bond acceptors (Lipinski definition) is 5. The number of hydrazone groups is 1. The number of carboxylic acid groups (broad SMARTS) is 1. The lowest BCUT2D eigenvalue weighted by atomic mass is 10.0. The second-order valence-corrected chi connectivity index (χ2v) is 5.40. The molecule has 7 heteroatoms. The van der Waals surface area contributed by atoms with E-state index in [9.17, 15) is 9.59 Å². The maximum atomic E-state index is 12.4. The molecule has 0 saturated heterocycles. The monoisotopic (exact) mass is 312 g/mol. The lowest BCUT2D eigenvalue weighted by Gasteiger charge is -2.25. The Morgan fingerprint density at radius 1 is 1.39 bits per heavy atom. The van der Waals surface area contributed by atoms with Crippen LogP contribution in [0.25, 0.3) is 0 Å². The van der Waals surface area contributed by atoms with Crippen LogP contribution in [0.1, 0.15) is 42.0 Å². The molecule has 1 unspecified atom stereocenters. The Balaban J connectivity index is 2.01. The van der Waals surface area contributed by atoms with Crippen molar-refractivity contribution in [2.24, 2.45) is 5.10 Å². The summed E-state index contributed by atoms with van der Waals surface area (Å²) in [6.45, 7) is 1.87. The number of rotatable bonds is 3. The van der Waals surface area contributed by atoms with Gasteiger partial charge in [0.25, 0.3) is 5.56 Å². The van der Waals surface area contributed by atoms with Gasteiger partial charge in [-0.25, -0.2) is 9.78 Å². The molecule has 1 atom stereocenters. The number of benzene rings is 1. The van der Waals surface area contributed by atoms with Crippen LogP contribution in [-0.2, 0) is 0 Å². The molecule has 3 rings (SSSR count). The molecule has 2 N–H and O–H groups in total. The molecule has 0 radical (unpaired) electrons. The number of aromatic carboxylic acids is 1. The molecule has 1 aromatic carbocycles. The van der Waals surface area contributed by atoms with Crippen molar-refractivity contribution in [2.45, 2.75) is 25.8 Å². The third-order valence-electron chi connectivity index (χ3n) is 3.82. The average molecular weight is 312 g/mol. The maximum absolute atomic E-state index is 12.4. The number of hydrogen-bond donors (Lipinski definition) is 2. The van der Waals surface area contributed by atoms with Crippen LogP contribution in [0.5, 0.6) is 0 Å². The number of carbonyl (C=O) groups is 1. The van der Waals surface area contributed by atoms with Crippen molar-refractivity contribution < 1.29 is 9.90 Å². The first-order valence-corrected chi connectivity index (χ1v) is 7.30. The molecular formula is C16H16N4O3. The number of nitrogens with zero attached hydrogens (tertiary/aromatic N) is 3. The van der Waals surface area contributed by atoms with Crippen molar-refractivity contribution in [3.8, 4) is 0 Å². The predicted octanol–water partition coefficient (Wildman–Crippen LogP) is 2.11. The minimum Gasteiger partial charge on any atom is -0.477 e. The van der Waals surface area contributed by atoms with Gasteiger partial charge in [0.05, 0.1) is 5.69 Å². The van der Waals surface area contributed by atoms with Crippen LogP contribution >= 0.6 is 0 Å². The summed E-state index contributed by atoms with van der Waals surface area (Å²) in [6, 6.07) is 9.33. The molecule has 1 aromatic heterocycles. The van der Waals surface area contributed by atoms with Crippen molar-refractivity contribution in [3.63, 3.8) is 0 Å². The van der Waals surface area contributed by atoms with Gasteiger partial charge in [0.1, 0.15) is 11.3 Å². The zero-order valence-corrected chi connectivity index (χ0v) is 12.6. The van der Waals surface area contributed by atoms with Crippen molar-refractivity contribution >= 4 is 17.4 Å². The lowest BCUT2D eigenvalue weighted by molar-refractivity contribution is 0.0693. The van der Waals surface area contributed by atoms with E-state index in [2.05, 4.69) is 15.5 Å². The van der Waals surface area contributed by atoms with Crippen LogP contribution in [-0.4, -0.2) is 26.3 Å². The Bertz CT molecular complexity index is 827. The number of carboxylic acids is 1. The third-order valence-corrected chi connectivity index (χ3v) is 3.82. The minimum absolute atomic E-state index is 0.111. The normalized spacial score (nSPS) is 18.5. The van der Waals surface area contributed by atoms with Gasteiger partial charge in [-0.3, -0.25) is 14.8 Å². The van der Waals surface area contributed by atoms with Crippen molar-refractivity contribution in [2.75, 3.05) is 5.43 Å². The van der Waals surface area contributed by atoms with Crippen molar-refractivity contribution in [3.05, 3.63) is 58.3 Å². The number of fused-ring (bicyclic) bond motifs is 1. The molecule has 1 aliphatic rings. The van der Waals surface area contributed by atoms with E-state index in [0.717, 1.165) is 11.9 Å². The molecule has 0 aliphatic carbocycles. The third kappa shape index (κ3) is 2.85. The topological polar surface area (TPSA) is 96.6 Å². The van der Waals surface area contributed by atoms with E-state index in [1.165, 1.54) is 4.57 Å². The molecule has 0 bridgehead atoms. The van der Waals surface area contributed by atoms with Crippen LogP contribution in [0.2, 0.25) is 0 Å². The highest BCUT2D eigenvalue weighted by molar-refractivity contribution is 5.99. The van der Waals surface area contributed by atoms with Gasteiger partial charge in [0.2, 0.25) is 0 Å². The number of anilines is 1. The smallest absolute Gasteiger partial charge is 0.342 e. The van der Waals surface area contributed by atoms with Crippen molar-refractivity contribution in [1.82, 2.24) is 9.55 Å². The first-order chi connectivity index (χ1) is 11.1. The van der Waals surface area contributed by atoms with E-state index >= 15 is 0 Å². The molecular weight excluding hydrogens is 296 g/mol. The fourth-order valence-corrected chi connectivity index (χ4v) is 2.58. The van der Waals surface area contributed by atoms with Crippen LogP contribution in [0, 0.1) is 0 Å². The zero-order valence-electron chi connectivity index (χ0n) is 12.6. The van der Waals surface area contributed by atoms with Gasteiger partial charge in [-0.2, -0.15) is 5.10 Å². The van der Waals surface area contributed by atoms with Crippen LogP contribution < -0.4 is 11.0 Å². The Morgan fingerprint density at radius 2 is 2.13 bits per heavy atom. The average Bonchev–Trinajstić information content (AvgIpc) is 2.55. The summed E-state index contributed by atoms with van der Waals surface area (Å²) in [5, 5.41) is 13.4.